The second kappa shape index (κ2) is 22.1. The van der Waals surface area contributed by atoms with Crippen LogP contribution in [0.15, 0.2) is 194 Å². The monoisotopic (exact) mass is 1220 g/mol. The maximum absolute atomic E-state index is 4.60. The third kappa shape index (κ3) is 10.6. The Labute approximate surface area is 414 Å². The van der Waals surface area contributed by atoms with E-state index in [2.05, 4.69) is 167 Å². The van der Waals surface area contributed by atoms with E-state index in [-0.39, 0.29) is 42.1 Å². The van der Waals surface area contributed by atoms with Crippen LogP contribution in [0, 0.1) is 12.1 Å². The molecule has 0 radical (unpaired) electrons. The number of pyridine rings is 4. The van der Waals surface area contributed by atoms with Crippen molar-refractivity contribution >= 4 is 65.7 Å². The number of benzene rings is 6. The van der Waals surface area contributed by atoms with Gasteiger partial charge in [-0.25, -0.2) is 0 Å². The van der Waals surface area contributed by atoms with Gasteiger partial charge in [-0.2, -0.15) is 0 Å². The molecule has 0 aliphatic heterocycles. The van der Waals surface area contributed by atoms with Gasteiger partial charge in [-0.15, -0.1) is 71.8 Å². The predicted molar refractivity (Wildman–Crippen MR) is 265 cm³/mol. The number of rotatable bonds is 4. The summed E-state index contributed by atoms with van der Waals surface area (Å²) >= 11 is 0. The Morgan fingerprint density at radius 3 is 1.21 bits per heavy atom. The minimum Gasteiger partial charge on any atom is -0.439 e. The zero-order valence-corrected chi connectivity index (χ0v) is 41.5. The molecule has 8 heteroatoms. The summed E-state index contributed by atoms with van der Waals surface area (Å²) in [4.78, 5) is 27.2. The Balaban J connectivity index is 0.000000130. The van der Waals surface area contributed by atoms with Crippen LogP contribution >= 0.6 is 0 Å². The summed E-state index contributed by atoms with van der Waals surface area (Å²) < 4.78 is 0. The van der Waals surface area contributed by atoms with E-state index in [1.807, 2.05) is 97.3 Å². The average Bonchev–Trinajstić information content (AvgIpc) is 3.92. The van der Waals surface area contributed by atoms with Crippen LogP contribution in [-0.4, -0.2) is 19.9 Å². The zero-order valence-electron chi connectivity index (χ0n) is 36.9. The molecule has 0 bridgehead atoms. The van der Waals surface area contributed by atoms with Crippen molar-refractivity contribution in [2.24, 2.45) is 0 Å². The van der Waals surface area contributed by atoms with Gasteiger partial charge in [0.25, 0.3) is 0 Å². The average molecular weight is 1220 g/mol. The van der Waals surface area contributed by atoms with Crippen LogP contribution in [0.5, 0.6) is 0 Å². The molecule has 12 aromatic rings. The second-order valence-corrected chi connectivity index (χ2v) is 16.1. The third-order valence-electron chi connectivity index (χ3n) is 11.1. The first-order chi connectivity index (χ1) is 31.4. The smallest absolute Gasteiger partial charge is 0.439 e. The van der Waals surface area contributed by atoms with Crippen LogP contribution in [0.3, 0.4) is 0 Å². The maximum atomic E-state index is 4.60. The largest absolute Gasteiger partial charge is 2.00 e. The van der Waals surface area contributed by atoms with Crippen molar-refractivity contribution in [2.45, 2.75) is 39.5 Å². The number of hydrogen-bond donors (Lipinski definition) is 0. The molecule has 0 fully saturated rings. The van der Waals surface area contributed by atoms with Gasteiger partial charge in [0.15, 0.2) is 0 Å². The Hall–Kier alpha value is -6.58. The molecule has 6 nitrogen and oxygen atoms in total. The molecule has 0 aliphatic carbocycles. The van der Waals surface area contributed by atoms with Crippen LogP contribution < -0.4 is 9.97 Å². The molecule has 0 saturated heterocycles. The molecule has 0 amide bonds. The molecule has 0 aliphatic rings. The number of para-hydroxylation sites is 4. The van der Waals surface area contributed by atoms with Gasteiger partial charge >= 0.3 is 42.1 Å². The molecule has 0 unspecified atom stereocenters. The quantitative estimate of drug-likeness (QED) is 0.163. The van der Waals surface area contributed by atoms with E-state index in [0.717, 1.165) is 88.5 Å². The van der Waals surface area contributed by atoms with Crippen LogP contribution in [0.1, 0.15) is 50.9 Å². The fourth-order valence-corrected chi connectivity index (χ4v) is 7.75. The van der Waals surface area contributed by atoms with Gasteiger partial charge in [0, 0.05) is 23.4 Å². The van der Waals surface area contributed by atoms with Gasteiger partial charge < -0.3 is 19.9 Å². The van der Waals surface area contributed by atoms with Crippen molar-refractivity contribution < 1.29 is 42.1 Å². The van der Waals surface area contributed by atoms with Gasteiger partial charge in [-0.3, -0.25) is 9.97 Å². The third-order valence-corrected chi connectivity index (χ3v) is 11.1. The fraction of sp³-hybridized carbons (Fsp3) is 0.103. The number of nitrogens with zero attached hydrogens (tertiary/aromatic N) is 6. The molecule has 66 heavy (non-hydrogen) atoms. The molecule has 328 valence electrons. The van der Waals surface area contributed by atoms with E-state index in [0.29, 0.717) is 11.8 Å². The zero-order chi connectivity index (χ0) is 43.8. The summed E-state index contributed by atoms with van der Waals surface area (Å²) in [5.74, 6) is 0.897. The van der Waals surface area contributed by atoms with Crippen molar-refractivity contribution in [3.63, 3.8) is 0 Å². The van der Waals surface area contributed by atoms with Crippen molar-refractivity contribution in [2.75, 3.05) is 0 Å². The van der Waals surface area contributed by atoms with Gasteiger partial charge in [-0.05, 0) is 67.3 Å². The number of hydrogen-bond acceptors (Lipinski definition) is 4. The summed E-state index contributed by atoms with van der Waals surface area (Å²) in [7, 11) is 0. The van der Waals surface area contributed by atoms with Crippen molar-refractivity contribution in [1.29, 1.82) is 0 Å². The van der Waals surface area contributed by atoms with Crippen molar-refractivity contribution in [3.8, 4) is 22.3 Å². The molecular weight excluding hydrogens is 1170 g/mol. The van der Waals surface area contributed by atoms with Gasteiger partial charge in [0.2, 0.25) is 0 Å². The van der Waals surface area contributed by atoms with E-state index < -0.39 is 0 Å². The Kier molecular flexibility index (Phi) is 15.8. The first-order valence-corrected chi connectivity index (χ1v) is 21.7. The number of aromatic nitrogens is 6. The standard InChI is InChI=1S/2C15H10N.2C14H13N2.2Pt/c2*1-2-6-12(7-3-1)14-10-4-8-13-9-5-11-16-15(13)14;2*1-9(2)12-8-7-11-10-5-3-4-6-13(10)16-14(11)15-12;;/h2*1-6,8-11H;2*3-9H,1-2H3;;/q4*-1;2*+2. The fourth-order valence-electron chi connectivity index (χ4n) is 7.75. The minimum absolute atomic E-state index is 0. The molecule has 0 atom stereocenters. The van der Waals surface area contributed by atoms with Gasteiger partial charge in [0.05, 0.1) is 0 Å². The van der Waals surface area contributed by atoms with E-state index >= 15 is 0 Å². The first kappa shape index (κ1) is 47.4. The van der Waals surface area contributed by atoms with Crippen molar-refractivity contribution in [3.05, 3.63) is 218 Å². The number of fused-ring (bicyclic) bond motifs is 8. The van der Waals surface area contributed by atoms with E-state index in [1.54, 1.807) is 0 Å². The van der Waals surface area contributed by atoms with E-state index in [4.69, 9.17) is 0 Å². The van der Waals surface area contributed by atoms with E-state index in [1.165, 1.54) is 10.8 Å². The van der Waals surface area contributed by atoms with Gasteiger partial charge in [0.1, 0.15) is 0 Å². The summed E-state index contributed by atoms with van der Waals surface area (Å²) in [6.45, 7) is 8.60. The predicted octanol–water partition coefficient (Wildman–Crippen LogP) is 14.3. The summed E-state index contributed by atoms with van der Waals surface area (Å²) in [6, 6.07) is 67.8. The maximum Gasteiger partial charge on any atom is 2.00 e. The topological polar surface area (TPSA) is 79.8 Å². The summed E-state index contributed by atoms with van der Waals surface area (Å²) in [5, 5.41) is 7.02. The van der Waals surface area contributed by atoms with E-state index in [9.17, 15) is 0 Å². The van der Waals surface area contributed by atoms with Crippen LogP contribution in [-0.2, 0) is 42.1 Å². The second-order valence-electron chi connectivity index (χ2n) is 16.1. The minimum atomic E-state index is 0. The van der Waals surface area contributed by atoms with Crippen LogP contribution in [0.4, 0.5) is 0 Å². The SMILES string of the molecule is CC(C)c1ccc2c(n1)[n-]c1ccccc12.CC(C)c1ccc2c(n1)[n-]c1ccccc12.[Pt+2].[Pt+2].[c-]1ccccc1-c1cccc2cccnc12.[c-]1ccccc1-c1cccc2cccnc12. The molecule has 12 rings (SSSR count). The molecule has 0 saturated carbocycles. The van der Waals surface area contributed by atoms with Crippen LogP contribution in [0.25, 0.3) is 87.9 Å². The molecule has 0 N–H and O–H groups in total. The first-order valence-electron chi connectivity index (χ1n) is 21.7. The van der Waals surface area contributed by atoms with Gasteiger partial charge in [-0.1, -0.05) is 183 Å². The van der Waals surface area contributed by atoms with Crippen molar-refractivity contribution in [1.82, 2.24) is 29.9 Å². The Bertz CT molecular complexity index is 3230. The molecule has 0 spiro atoms. The molecular formula is C58H46N6Pt2. The Morgan fingerprint density at radius 2 is 0.803 bits per heavy atom. The molecule has 6 aromatic carbocycles. The molecule has 6 heterocycles. The van der Waals surface area contributed by atoms with Crippen LogP contribution in [0.2, 0.25) is 0 Å². The molecule has 6 aromatic heterocycles. The summed E-state index contributed by atoms with van der Waals surface area (Å²) in [6.07, 6.45) is 3.66. The Morgan fingerprint density at radius 1 is 0.394 bits per heavy atom. The summed E-state index contributed by atoms with van der Waals surface area (Å²) in [5.41, 5.74) is 12.5. The normalized spacial score (nSPS) is 10.8.